The number of Topliss-reactive ketones (excluding diaryl/α,β-unsaturated/α-hetero) is 1. The molecule has 0 aliphatic carbocycles. The van der Waals surface area contributed by atoms with Crippen molar-refractivity contribution in [3.63, 3.8) is 0 Å². The number of hydrogen-bond acceptors (Lipinski definition) is 7. The molecule has 0 unspecified atom stereocenters. The van der Waals surface area contributed by atoms with Crippen LogP contribution in [0.2, 0.25) is 0 Å². The number of methoxy groups -OCH3 is 3. The van der Waals surface area contributed by atoms with Crippen LogP contribution in [-0.4, -0.2) is 44.3 Å². The van der Waals surface area contributed by atoms with Gasteiger partial charge in [-0.15, -0.1) is 0 Å². The molecule has 0 spiro atoms. The zero-order chi connectivity index (χ0) is 22.5. The van der Waals surface area contributed by atoms with E-state index >= 15 is 0 Å². The molecular formula is C23H25NO7. The summed E-state index contributed by atoms with van der Waals surface area (Å²) in [7, 11) is 4.38. The molecule has 0 saturated carbocycles. The van der Waals surface area contributed by atoms with Gasteiger partial charge in [-0.1, -0.05) is 0 Å². The van der Waals surface area contributed by atoms with E-state index in [-0.39, 0.29) is 18.0 Å². The minimum absolute atomic E-state index is 0.186. The lowest BCUT2D eigenvalue weighted by Gasteiger charge is -2.13. The predicted molar refractivity (Wildman–Crippen MR) is 112 cm³/mol. The Morgan fingerprint density at radius 3 is 2.23 bits per heavy atom. The van der Waals surface area contributed by atoms with E-state index in [2.05, 4.69) is 0 Å². The van der Waals surface area contributed by atoms with E-state index in [1.54, 1.807) is 12.3 Å². The topological polar surface area (TPSA) is 89.1 Å². The number of aromatic nitrogens is 1. The van der Waals surface area contributed by atoms with E-state index in [4.69, 9.17) is 23.4 Å². The Hall–Kier alpha value is -3.68. The van der Waals surface area contributed by atoms with Crippen molar-refractivity contribution in [3.05, 3.63) is 64.9 Å². The number of furan rings is 1. The highest BCUT2D eigenvalue weighted by Crippen LogP contribution is 2.38. The molecule has 0 aliphatic rings. The minimum atomic E-state index is -0.669. The maximum atomic E-state index is 12.7. The Kier molecular flexibility index (Phi) is 6.69. The molecule has 164 valence electrons. The molecule has 8 heteroatoms. The fourth-order valence-electron chi connectivity index (χ4n) is 3.38. The number of aryl methyl sites for hydroxylation is 1. The molecule has 3 aromatic rings. The lowest BCUT2D eigenvalue weighted by molar-refractivity contribution is 0.0474. The predicted octanol–water partition coefficient (Wildman–Crippen LogP) is 3.81. The average molecular weight is 427 g/mol. The summed E-state index contributed by atoms with van der Waals surface area (Å²) in [5, 5.41) is 0. The second-order valence-corrected chi connectivity index (χ2v) is 6.86. The molecule has 8 nitrogen and oxygen atoms in total. The van der Waals surface area contributed by atoms with Gasteiger partial charge in [0.2, 0.25) is 11.5 Å². The van der Waals surface area contributed by atoms with Gasteiger partial charge >= 0.3 is 5.97 Å². The van der Waals surface area contributed by atoms with Crippen LogP contribution in [0.4, 0.5) is 0 Å². The van der Waals surface area contributed by atoms with Crippen molar-refractivity contribution in [2.24, 2.45) is 0 Å². The first kappa shape index (κ1) is 22.0. The van der Waals surface area contributed by atoms with Gasteiger partial charge in [0.1, 0.15) is 5.76 Å². The molecule has 3 rings (SSSR count). The molecule has 0 fully saturated rings. The van der Waals surface area contributed by atoms with E-state index in [0.717, 1.165) is 17.1 Å². The van der Waals surface area contributed by atoms with Gasteiger partial charge in [-0.2, -0.15) is 0 Å². The fourth-order valence-corrected chi connectivity index (χ4v) is 3.38. The van der Waals surface area contributed by atoms with Gasteiger partial charge in [-0.3, -0.25) is 4.79 Å². The highest BCUT2D eigenvalue weighted by Gasteiger charge is 2.21. The standard InChI is InChI=1S/C23H25NO7/c1-14-9-18(15(2)24(14)12-17-7-6-8-30-17)19(25)13-31-23(26)16-10-20(27-3)22(29-5)21(11-16)28-4/h6-11H,12-13H2,1-5H3. The zero-order valence-corrected chi connectivity index (χ0v) is 18.2. The van der Waals surface area contributed by atoms with Crippen LogP contribution in [-0.2, 0) is 11.3 Å². The summed E-state index contributed by atoms with van der Waals surface area (Å²) in [6.45, 7) is 3.89. The van der Waals surface area contributed by atoms with Crippen molar-refractivity contribution < 1.29 is 33.0 Å². The number of carbonyl (C=O) groups is 2. The van der Waals surface area contributed by atoms with Crippen LogP contribution in [0.1, 0.15) is 37.9 Å². The maximum Gasteiger partial charge on any atom is 0.338 e. The molecular weight excluding hydrogens is 402 g/mol. The van der Waals surface area contributed by atoms with E-state index in [1.807, 2.05) is 30.5 Å². The van der Waals surface area contributed by atoms with Crippen molar-refractivity contribution in [3.8, 4) is 17.2 Å². The number of esters is 1. The Labute approximate surface area is 180 Å². The quantitative estimate of drug-likeness (QED) is 0.379. The summed E-state index contributed by atoms with van der Waals surface area (Å²) in [4.78, 5) is 25.3. The second-order valence-electron chi connectivity index (χ2n) is 6.86. The third-order valence-electron chi connectivity index (χ3n) is 5.00. The van der Waals surface area contributed by atoms with Crippen LogP contribution in [0.25, 0.3) is 0 Å². The fraction of sp³-hybridized carbons (Fsp3) is 0.304. The lowest BCUT2D eigenvalue weighted by Crippen LogP contribution is -2.15. The Morgan fingerprint density at radius 2 is 1.68 bits per heavy atom. The lowest BCUT2D eigenvalue weighted by atomic mass is 10.1. The molecule has 1 aromatic carbocycles. The number of benzene rings is 1. The summed E-state index contributed by atoms with van der Waals surface area (Å²) >= 11 is 0. The number of hydrogen-bond donors (Lipinski definition) is 0. The van der Waals surface area contributed by atoms with Gasteiger partial charge in [-0.05, 0) is 44.2 Å². The summed E-state index contributed by atoms with van der Waals surface area (Å²) in [6, 6.07) is 8.43. The SMILES string of the molecule is COc1cc(C(=O)OCC(=O)c2cc(C)n(Cc3ccco3)c2C)cc(OC)c1OC. The highest BCUT2D eigenvalue weighted by atomic mass is 16.5. The van der Waals surface area contributed by atoms with Crippen LogP contribution in [0, 0.1) is 13.8 Å². The van der Waals surface area contributed by atoms with Crippen LogP contribution < -0.4 is 14.2 Å². The number of ether oxygens (including phenoxy) is 4. The first-order valence-corrected chi connectivity index (χ1v) is 9.59. The van der Waals surface area contributed by atoms with Crippen LogP contribution in [0.15, 0.2) is 41.0 Å². The second kappa shape index (κ2) is 9.42. The van der Waals surface area contributed by atoms with E-state index in [0.29, 0.717) is 29.4 Å². The smallest absolute Gasteiger partial charge is 0.338 e. The summed E-state index contributed by atoms with van der Waals surface area (Å²) < 4.78 is 28.4. The summed E-state index contributed by atoms with van der Waals surface area (Å²) in [5.41, 5.74) is 2.38. The van der Waals surface area contributed by atoms with E-state index in [9.17, 15) is 9.59 Å². The molecule has 31 heavy (non-hydrogen) atoms. The maximum absolute atomic E-state index is 12.7. The van der Waals surface area contributed by atoms with E-state index in [1.165, 1.54) is 33.5 Å². The average Bonchev–Trinajstić information content (AvgIpc) is 3.39. The number of carbonyl (C=O) groups excluding carboxylic acids is 2. The van der Waals surface area contributed by atoms with E-state index < -0.39 is 5.97 Å². The van der Waals surface area contributed by atoms with Gasteiger partial charge in [0.15, 0.2) is 18.1 Å². The third kappa shape index (κ3) is 4.58. The van der Waals surface area contributed by atoms with Gasteiger partial charge in [0.25, 0.3) is 0 Å². The molecule has 0 N–H and O–H groups in total. The van der Waals surface area contributed by atoms with Crippen molar-refractivity contribution in [1.29, 1.82) is 0 Å². The first-order valence-electron chi connectivity index (χ1n) is 9.59. The normalized spacial score (nSPS) is 10.6. The largest absolute Gasteiger partial charge is 0.493 e. The van der Waals surface area contributed by atoms with Gasteiger partial charge in [0, 0.05) is 17.0 Å². The molecule has 0 aliphatic heterocycles. The van der Waals surface area contributed by atoms with Crippen LogP contribution >= 0.6 is 0 Å². The summed E-state index contributed by atoms with van der Waals surface area (Å²) in [5.74, 6) is 0.830. The molecule has 0 radical (unpaired) electrons. The van der Waals surface area contributed by atoms with Crippen molar-refractivity contribution in [2.45, 2.75) is 20.4 Å². The molecule has 2 aromatic heterocycles. The Bertz CT molecular complexity index is 1050. The summed E-state index contributed by atoms with van der Waals surface area (Å²) in [6.07, 6.45) is 1.61. The number of nitrogens with zero attached hydrogens (tertiary/aromatic N) is 1. The van der Waals surface area contributed by atoms with Gasteiger partial charge in [0.05, 0.1) is 39.7 Å². The van der Waals surface area contributed by atoms with Crippen molar-refractivity contribution in [1.82, 2.24) is 4.57 Å². The minimum Gasteiger partial charge on any atom is -0.493 e. The zero-order valence-electron chi connectivity index (χ0n) is 18.2. The van der Waals surface area contributed by atoms with Crippen LogP contribution in [0.5, 0.6) is 17.2 Å². The molecule has 0 saturated heterocycles. The molecule has 0 bridgehead atoms. The molecule has 0 atom stereocenters. The number of ketones is 1. The van der Waals surface area contributed by atoms with Crippen molar-refractivity contribution >= 4 is 11.8 Å². The third-order valence-corrected chi connectivity index (χ3v) is 5.00. The van der Waals surface area contributed by atoms with Gasteiger partial charge in [-0.25, -0.2) is 4.79 Å². The molecule has 0 amide bonds. The van der Waals surface area contributed by atoms with Crippen LogP contribution in [0.3, 0.4) is 0 Å². The monoisotopic (exact) mass is 427 g/mol. The Balaban J connectivity index is 1.73. The first-order chi connectivity index (χ1) is 14.9. The van der Waals surface area contributed by atoms with Gasteiger partial charge < -0.3 is 27.9 Å². The Morgan fingerprint density at radius 1 is 1.00 bits per heavy atom. The van der Waals surface area contributed by atoms with Crippen molar-refractivity contribution in [2.75, 3.05) is 27.9 Å². The number of rotatable bonds is 9. The highest BCUT2D eigenvalue weighted by molar-refractivity contribution is 6.00. The molecule has 2 heterocycles.